The van der Waals surface area contributed by atoms with Crippen molar-refractivity contribution < 1.29 is 4.74 Å². The molecule has 4 heteroatoms. The van der Waals surface area contributed by atoms with E-state index in [2.05, 4.69) is 18.7 Å². The normalized spacial score (nSPS) is 17.9. The molecule has 0 saturated carbocycles. The Morgan fingerprint density at radius 1 is 1.37 bits per heavy atom. The lowest BCUT2D eigenvalue weighted by molar-refractivity contribution is 0.119. The van der Waals surface area contributed by atoms with E-state index in [4.69, 9.17) is 22.1 Å². The molecule has 1 aliphatic rings. The minimum Gasteiger partial charge on any atom is -0.492 e. The minimum absolute atomic E-state index is 0.618. The van der Waals surface area contributed by atoms with E-state index in [9.17, 15) is 0 Å². The SMILES string of the molecule is CC(C)N1CCC(COc2cc(N)ccc2Cl)CC1. The zero-order valence-corrected chi connectivity index (χ0v) is 12.5. The van der Waals surface area contributed by atoms with Gasteiger partial charge in [-0.1, -0.05) is 11.6 Å². The Labute approximate surface area is 120 Å². The lowest BCUT2D eigenvalue weighted by Crippen LogP contribution is -2.39. The fourth-order valence-corrected chi connectivity index (χ4v) is 2.65. The van der Waals surface area contributed by atoms with Crippen LogP contribution in [0.5, 0.6) is 5.75 Å². The van der Waals surface area contributed by atoms with Crippen LogP contribution < -0.4 is 10.5 Å². The first-order valence-electron chi connectivity index (χ1n) is 6.98. The molecule has 0 unspecified atom stereocenters. The molecule has 0 aliphatic carbocycles. The van der Waals surface area contributed by atoms with Gasteiger partial charge in [-0.25, -0.2) is 0 Å². The van der Waals surface area contributed by atoms with Crippen LogP contribution in [0.25, 0.3) is 0 Å². The van der Waals surface area contributed by atoms with Crippen molar-refractivity contribution in [2.24, 2.45) is 5.92 Å². The quantitative estimate of drug-likeness (QED) is 0.860. The number of likely N-dealkylation sites (tertiary alicyclic amines) is 1. The Morgan fingerprint density at radius 2 is 2.05 bits per heavy atom. The summed E-state index contributed by atoms with van der Waals surface area (Å²) >= 11 is 6.09. The van der Waals surface area contributed by atoms with E-state index in [1.807, 2.05) is 0 Å². The minimum atomic E-state index is 0.618. The van der Waals surface area contributed by atoms with Crippen LogP contribution in [0.4, 0.5) is 5.69 Å². The van der Waals surface area contributed by atoms with Gasteiger partial charge in [0.1, 0.15) is 5.75 Å². The zero-order chi connectivity index (χ0) is 13.8. The van der Waals surface area contributed by atoms with Crippen LogP contribution >= 0.6 is 11.6 Å². The largest absolute Gasteiger partial charge is 0.492 e. The Kier molecular flexibility index (Phi) is 4.94. The number of hydrogen-bond donors (Lipinski definition) is 1. The fraction of sp³-hybridized carbons (Fsp3) is 0.600. The summed E-state index contributed by atoms with van der Waals surface area (Å²) in [6, 6.07) is 6.01. The van der Waals surface area contributed by atoms with E-state index in [1.54, 1.807) is 18.2 Å². The van der Waals surface area contributed by atoms with Crippen LogP contribution in [-0.4, -0.2) is 30.6 Å². The van der Waals surface area contributed by atoms with Crippen molar-refractivity contribution in [3.8, 4) is 5.75 Å². The van der Waals surface area contributed by atoms with Gasteiger partial charge in [0.15, 0.2) is 0 Å². The Hall–Kier alpha value is -0.930. The molecule has 1 saturated heterocycles. The summed E-state index contributed by atoms with van der Waals surface area (Å²) < 4.78 is 5.82. The molecule has 1 aromatic carbocycles. The number of nitrogen functional groups attached to an aromatic ring is 1. The molecule has 0 spiro atoms. The highest BCUT2D eigenvalue weighted by Gasteiger charge is 2.21. The standard InChI is InChI=1S/C15H23ClN2O/c1-11(2)18-7-5-12(6-8-18)10-19-15-9-13(17)3-4-14(15)16/h3-4,9,11-12H,5-8,10,17H2,1-2H3. The maximum atomic E-state index is 6.09. The lowest BCUT2D eigenvalue weighted by atomic mass is 9.97. The van der Waals surface area contributed by atoms with E-state index < -0.39 is 0 Å². The summed E-state index contributed by atoms with van der Waals surface area (Å²) in [5.41, 5.74) is 6.43. The molecule has 106 valence electrons. The molecular weight excluding hydrogens is 260 g/mol. The molecule has 1 fully saturated rings. The molecule has 2 N–H and O–H groups in total. The number of piperidine rings is 1. The molecule has 0 aromatic heterocycles. The van der Waals surface area contributed by atoms with Crippen molar-refractivity contribution in [3.63, 3.8) is 0 Å². The second kappa shape index (κ2) is 6.49. The maximum Gasteiger partial charge on any atom is 0.139 e. The Morgan fingerprint density at radius 3 is 2.68 bits per heavy atom. The van der Waals surface area contributed by atoms with Gasteiger partial charge in [0.05, 0.1) is 11.6 Å². The van der Waals surface area contributed by atoms with Crippen LogP contribution in [0.3, 0.4) is 0 Å². The zero-order valence-electron chi connectivity index (χ0n) is 11.7. The van der Waals surface area contributed by atoms with E-state index >= 15 is 0 Å². The number of nitrogens with zero attached hydrogens (tertiary/aromatic N) is 1. The molecule has 3 nitrogen and oxygen atoms in total. The van der Waals surface area contributed by atoms with Gasteiger partial charge in [-0.15, -0.1) is 0 Å². The van der Waals surface area contributed by atoms with Crippen molar-refractivity contribution in [3.05, 3.63) is 23.2 Å². The van der Waals surface area contributed by atoms with Gasteiger partial charge in [0.25, 0.3) is 0 Å². The van der Waals surface area contributed by atoms with Crippen molar-refractivity contribution in [2.75, 3.05) is 25.4 Å². The number of anilines is 1. The van der Waals surface area contributed by atoms with Crippen LogP contribution in [0.2, 0.25) is 5.02 Å². The molecule has 2 rings (SSSR count). The molecule has 1 aromatic rings. The van der Waals surface area contributed by atoms with Crippen LogP contribution in [0.15, 0.2) is 18.2 Å². The van der Waals surface area contributed by atoms with Gasteiger partial charge in [-0.3, -0.25) is 0 Å². The number of halogens is 1. The first kappa shape index (κ1) is 14.5. The molecular formula is C15H23ClN2O. The summed E-state index contributed by atoms with van der Waals surface area (Å²) in [7, 11) is 0. The fourth-order valence-electron chi connectivity index (χ4n) is 2.47. The lowest BCUT2D eigenvalue weighted by Gasteiger charge is -2.34. The van der Waals surface area contributed by atoms with Gasteiger partial charge >= 0.3 is 0 Å². The van der Waals surface area contributed by atoms with Crippen LogP contribution in [0.1, 0.15) is 26.7 Å². The van der Waals surface area contributed by atoms with Crippen molar-refractivity contribution in [1.29, 1.82) is 0 Å². The third kappa shape index (κ3) is 4.02. The highest BCUT2D eigenvalue weighted by Crippen LogP contribution is 2.28. The third-order valence-corrected chi connectivity index (χ3v) is 4.12. The first-order chi connectivity index (χ1) is 9.06. The summed E-state index contributed by atoms with van der Waals surface area (Å²) in [5, 5.41) is 0.633. The van der Waals surface area contributed by atoms with Gasteiger partial charge < -0.3 is 15.4 Å². The highest BCUT2D eigenvalue weighted by atomic mass is 35.5. The second-order valence-corrected chi connectivity index (χ2v) is 5.98. The number of benzene rings is 1. The Bertz CT molecular complexity index is 415. The monoisotopic (exact) mass is 282 g/mol. The van der Waals surface area contributed by atoms with E-state index in [0.717, 1.165) is 19.7 Å². The number of rotatable bonds is 4. The van der Waals surface area contributed by atoms with Crippen molar-refractivity contribution in [2.45, 2.75) is 32.7 Å². The molecule has 1 heterocycles. The topological polar surface area (TPSA) is 38.5 Å². The van der Waals surface area contributed by atoms with Crippen molar-refractivity contribution in [1.82, 2.24) is 4.90 Å². The molecule has 0 bridgehead atoms. The summed E-state index contributed by atoms with van der Waals surface area (Å²) in [6.07, 6.45) is 2.39. The molecule has 0 atom stereocenters. The van der Waals surface area contributed by atoms with E-state index in [0.29, 0.717) is 28.4 Å². The molecule has 0 amide bonds. The molecule has 19 heavy (non-hydrogen) atoms. The highest BCUT2D eigenvalue weighted by molar-refractivity contribution is 6.32. The summed E-state index contributed by atoms with van der Waals surface area (Å²) in [6.45, 7) is 7.56. The van der Waals surface area contributed by atoms with Crippen LogP contribution in [-0.2, 0) is 0 Å². The Balaban J connectivity index is 1.82. The van der Waals surface area contributed by atoms with Crippen molar-refractivity contribution >= 4 is 17.3 Å². The number of hydrogen-bond acceptors (Lipinski definition) is 3. The summed E-state index contributed by atoms with van der Waals surface area (Å²) in [5.74, 6) is 1.32. The predicted molar refractivity (Wildman–Crippen MR) is 80.8 cm³/mol. The summed E-state index contributed by atoms with van der Waals surface area (Å²) in [4.78, 5) is 2.52. The average Bonchev–Trinajstić information content (AvgIpc) is 2.40. The smallest absolute Gasteiger partial charge is 0.139 e. The number of nitrogens with two attached hydrogens (primary N) is 1. The maximum absolute atomic E-state index is 6.09. The average molecular weight is 283 g/mol. The van der Waals surface area contributed by atoms with E-state index in [-0.39, 0.29) is 0 Å². The van der Waals surface area contributed by atoms with Gasteiger partial charge in [0, 0.05) is 17.8 Å². The second-order valence-electron chi connectivity index (χ2n) is 5.57. The molecule has 0 radical (unpaired) electrons. The molecule has 1 aliphatic heterocycles. The van der Waals surface area contributed by atoms with Crippen LogP contribution in [0, 0.1) is 5.92 Å². The van der Waals surface area contributed by atoms with Gasteiger partial charge in [-0.2, -0.15) is 0 Å². The number of ether oxygens (including phenoxy) is 1. The van der Waals surface area contributed by atoms with Gasteiger partial charge in [0.2, 0.25) is 0 Å². The first-order valence-corrected chi connectivity index (χ1v) is 7.36. The third-order valence-electron chi connectivity index (χ3n) is 3.81. The van der Waals surface area contributed by atoms with Gasteiger partial charge in [-0.05, 0) is 57.8 Å². The van der Waals surface area contributed by atoms with E-state index in [1.165, 1.54) is 12.8 Å². The predicted octanol–water partition coefficient (Wildman–Crippen LogP) is 3.42.